The van der Waals surface area contributed by atoms with Crippen LogP contribution in [0.25, 0.3) is 11.0 Å². The molecule has 1 saturated heterocycles. The Bertz CT molecular complexity index is 863. The molecule has 1 aliphatic heterocycles. The number of fused-ring (bicyclic) bond motifs is 1. The molecule has 2 fully saturated rings. The largest absolute Gasteiger partial charge is 0.396 e. The number of H-pyrrole nitrogens is 1. The summed E-state index contributed by atoms with van der Waals surface area (Å²) in [6.07, 6.45) is 11.7. The summed E-state index contributed by atoms with van der Waals surface area (Å²) in [6, 6.07) is 6.56. The zero-order valence-electron chi connectivity index (χ0n) is 17.9. The topological polar surface area (TPSA) is 70.0 Å². The number of aryl methyl sites for hydroxylation is 1. The number of benzene rings is 1. The lowest BCUT2D eigenvalue weighted by atomic mass is 9.61. The van der Waals surface area contributed by atoms with Crippen LogP contribution in [0.2, 0.25) is 0 Å². The molecule has 2 atom stereocenters. The lowest BCUT2D eigenvalue weighted by Crippen LogP contribution is -2.50. The number of hydrogen-bond donors (Lipinski definition) is 3. The van der Waals surface area contributed by atoms with Crippen molar-refractivity contribution in [1.82, 2.24) is 14.9 Å². The third kappa shape index (κ3) is 4.04. The summed E-state index contributed by atoms with van der Waals surface area (Å²) in [5.41, 5.74) is 3.18. The molecule has 1 aromatic carbocycles. The molecule has 2 aromatic rings. The Morgan fingerprint density at radius 3 is 2.66 bits per heavy atom. The van der Waals surface area contributed by atoms with Crippen LogP contribution in [0, 0.1) is 11.8 Å². The van der Waals surface area contributed by atoms with Crippen molar-refractivity contribution in [2.45, 2.75) is 76.7 Å². The minimum absolute atomic E-state index is 0.0107. The van der Waals surface area contributed by atoms with Gasteiger partial charge in [0.15, 0.2) is 0 Å². The molecular weight excluding hydrogens is 362 g/mol. The van der Waals surface area contributed by atoms with E-state index in [0.29, 0.717) is 6.54 Å². The van der Waals surface area contributed by atoms with E-state index in [9.17, 15) is 9.90 Å². The molecule has 1 aromatic heterocycles. The number of rotatable bonds is 5. The molecule has 29 heavy (non-hydrogen) atoms. The first-order valence-electron chi connectivity index (χ1n) is 11.7. The van der Waals surface area contributed by atoms with Gasteiger partial charge in [0.2, 0.25) is 0 Å². The van der Waals surface area contributed by atoms with Gasteiger partial charge < -0.3 is 15.4 Å². The van der Waals surface area contributed by atoms with Gasteiger partial charge in [0, 0.05) is 31.0 Å². The SMILES string of the molecule is CCn1c(=O)[nH]c2cc([C@]3(CC4CCCCCCC4)CCNC[C@@H]3CO)ccc21. The van der Waals surface area contributed by atoms with Gasteiger partial charge in [0.1, 0.15) is 0 Å². The quantitative estimate of drug-likeness (QED) is 0.713. The maximum absolute atomic E-state index is 12.3. The molecule has 0 unspecified atom stereocenters. The zero-order valence-corrected chi connectivity index (χ0v) is 17.9. The van der Waals surface area contributed by atoms with Crippen molar-refractivity contribution >= 4 is 11.0 Å². The van der Waals surface area contributed by atoms with E-state index in [1.54, 1.807) is 4.57 Å². The molecule has 0 spiro atoms. The van der Waals surface area contributed by atoms with Crippen molar-refractivity contribution in [1.29, 1.82) is 0 Å². The Balaban J connectivity index is 1.73. The first-order valence-corrected chi connectivity index (χ1v) is 11.7. The van der Waals surface area contributed by atoms with Crippen LogP contribution in [0.4, 0.5) is 0 Å². The second kappa shape index (κ2) is 9.05. The number of aliphatic hydroxyl groups is 1. The Morgan fingerprint density at radius 1 is 1.17 bits per heavy atom. The fraction of sp³-hybridized carbons (Fsp3) is 0.708. The second-order valence-corrected chi connectivity index (χ2v) is 9.31. The van der Waals surface area contributed by atoms with Crippen LogP contribution >= 0.6 is 0 Å². The van der Waals surface area contributed by atoms with E-state index in [1.165, 1.54) is 50.5 Å². The van der Waals surface area contributed by atoms with E-state index in [4.69, 9.17) is 0 Å². The molecule has 1 aliphatic carbocycles. The summed E-state index contributed by atoms with van der Waals surface area (Å²) in [5, 5.41) is 13.8. The summed E-state index contributed by atoms with van der Waals surface area (Å²) >= 11 is 0. The van der Waals surface area contributed by atoms with E-state index in [1.807, 2.05) is 6.92 Å². The van der Waals surface area contributed by atoms with E-state index in [0.717, 1.165) is 42.9 Å². The standard InChI is InChI=1S/C24H37N3O2/c1-2-27-22-11-10-19(14-21(22)26-23(27)29)24(12-13-25-16-20(24)17-28)15-18-8-6-4-3-5-7-9-18/h10-11,14,18,20,25,28H,2-9,12-13,15-17H2,1H3,(H,26,29)/t20-,24-/m1/s1. The highest BCUT2D eigenvalue weighted by Gasteiger charge is 2.43. The Hall–Kier alpha value is -1.59. The molecule has 4 rings (SSSR count). The van der Waals surface area contributed by atoms with Gasteiger partial charge >= 0.3 is 5.69 Å². The first-order chi connectivity index (χ1) is 14.2. The maximum atomic E-state index is 12.3. The van der Waals surface area contributed by atoms with Gasteiger partial charge in [-0.15, -0.1) is 0 Å². The molecule has 3 N–H and O–H groups in total. The average molecular weight is 400 g/mol. The average Bonchev–Trinajstić information content (AvgIpc) is 3.04. The fourth-order valence-electron chi connectivity index (χ4n) is 6.04. The van der Waals surface area contributed by atoms with Gasteiger partial charge in [0.05, 0.1) is 11.0 Å². The molecule has 1 saturated carbocycles. The number of nitrogens with one attached hydrogen (secondary N) is 2. The molecule has 5 heteroatoms. The molecule has 0 bridgehead atoms. The van der Waals surface area contributed by atoms with E-state index in [-0.39, 0.29) is 23.6 Å². The number of imidazole rings is 1. The Kier molecular flexibility index (Phi) is 6.45. The minimum atomic E-state index is -0.0299. The van der Waals surface area contributed by atoms with Crippen LogP contribution in [-0.2, 0) is 12.0 Å². The first kappa shape index (κ1) is 20.7. The lowest BCUT2D eigenvalue weighted by molar-refractivity contribution is 0.0899. The monoisotopic (exact) mass is 399 g/mol. The maximum Gasteiger partial charge on any atom is 0.326 e. The van der Waals surface area contributed by atoms with Crippen LogP contribution in [0.5, 0.6) is 0 Å². The summed E-state index contributed by atoms with van der Waals surface area (Å²) in [4.78, 5) is 15.4. The van der Waals surface area contributed by atoms with Crippen molar-refractivity contribution in [3.8, 4) is 0 Å². The zero-order chi connectivity index (χ0) is 20.3. The highest BCUT2D eigenvalue weighted by atomic mass is 16.3. The van der Waals surface area contributed by atoms with E-state index < -0.39 is 0 Å². The van der Waals surface area contributed by atoms with Crippen molar-refractivity contribution < 1.29 is 5.11 Å². The molecule has 160 valence electrons. The van der Waals surface area contributed by atoms with Gasteiger partial charge in [-0.2, -0.15) is 0 Å². The molecule has 2 heterocycles. The summed E-state index contributed by atoms with van der Waals surface area (Å²) in [6.45, 7) is 4.76. The van der Waals surface area contributed by atoms with Gasteiger partial charge in [-0.05, 0) is 49.9 Å². The highest BCUT2D eigenvalue weighted by Crippen LogP contribution is 2.45. The smallest absolute Gasteiger partial charge is 0.326 e. The highest BCUT2D eigenvalue weighted by molar-refractivity contribution is 5.76. The van der Waals surface area contributed by atoms with Crippen LogP contribution in [0.3, 0.4) is 0 Å². The Labute approximate surface area is 173 Å². The number of hydrogen-bond acceptors (Lipinski definition) is 3. The van der Waals surface area contributed by atoms with Crippen molar-refractivity contribution in [3.05, 3.63) is 34.2 Å². The van der Waals surface area contributed by atoms with Crippen molar-refractivity contribution in [2.75, 3.05) is 19.7 Å². The number of piperidine rings is 1. The molecular formula is C24H37N3O2. The van der Waals surface area contributed by atoms with E-state index in [2.05, 4.69) is 28.5 Å². The normalized spacial score (nSPS) is 27.0. The number of nitrogens with zero attached hydrogens (tertiary/aromatic N) is 1. The van der Waals surface area contributed by atoms with Gasteiger partial charge in [0.25, 0.3) is 0 Å². The van der Waals surface area contributed by atoms with Crippen LogP contribution in [0.1, 0.15) is 70.3 Å². The van der Waals surface area contributed by atoms with Gasteiger partial charge in [-0.1, -0.05) is 51.0 Å². The number of aliphatic hydroxyl groups excluding tert-OH is 1. The molecule has 2 aliphatic rings. The molecule has 0 radical (unpaired) electrons. The molecule has 5 nitrogen and oxygen atoms in total. The van der Waals surface area contributed by atoms with Crippen molar-refractivity contribution in [2.24, 2.45) is 11.8 Å². The van der Waals surface area contributed by atoms with Crippen LogP contribution in [0.15, 0.2) is 23.0 Å². The predicted octanol–water partition coefficient (Wildman–Crippen LogP) is 3.94. The summed E-state index contributed by atoms with van der Waals surface area (Å²) in [5.74, 6) is 0.955. The summed E-state index contributed by atoms with van der Waals surface area (Å²) < 4.78 is 1.80. The predicted molar refractivity (Wildman–Crippen MR) is 118 cm³/mol. The lowest BCUT2D eigenvalue weighted by Gasteiger charge is -2.46. The molecule has 0 amide bonds. The van der Waals surface area contributed by atoms with Gasteiger partial charge in [-0.3, -0.25) is 4.57 Å². The number of aromatic nitrogens is 2. The van der Waals surface area contributed by atoms with Crippen LogP contribution in [-0.4, -0.2) is 34.4 Å². The van der Waals surface area contributed by atoms with E-state index >= 15 is 0 Å². The van der Waals surface area contributed by atoms with Crippen LogP contribution < -0.4 is 11.0 Å². The fourth-order valence-corrected chi connectivity index (χ4v) is 6.04. The van der Waals surface area contributed by atoms with Crippen molar-refractivity contribution in [3.63, 3.8) is 0 Å². The minimum Gasteiger partial charge on any atom is -0.396 e. The summed E-state index contributed by atoms with van der Waals surface area (Å²) in [7, 11) is 0. The third-order valence-corrected chi connectivity index (χ3v) is 7.68. The Morgan fingerprint density at radius 2 is 1.93 bits per heavy atom. The second-order valence-electron chi connectivity index (χ2n) is 9.31. The van der Waals surface area contributed by atoms with Gasteiger partial charge in [-0.25, -0.2) is 4.79 Å². The number of aromatic amines is 1. The third-order valence-electron chi connectivity index (χ3n) is 7.68.